The van der Waals surface area contributed by atoms with Gasteiger partial charge in [-0.2, -0.15) is 0 Å². The van der Waals surface area contributed by atoms with Crippen LogP contribution in [0.4, 0.5) is 0 Å². The lowest BCUT2D eigenvalue weighted by molar-refractivity contribution is 0.199. The number of hydrogen-bond donors (Lipinski definition) is 1. The van der Waals surface area contributed by atoms with Crippen molar-refractivity contribution in [2.75, 3.05) is 0 Å². The molecule has 4 aromatic rings. The third kappa shape index (κ3) is 2.49. The molecule has 0 aliphatic carbocycles. The van der Waals surface area contributed by atoms with E-state index in [0.29, 0.717) is 0 Å². The molecule has 2 heterocycles. The van der Waals surface area contributed by atoms with Gasteiger partial charge in [-0.25, -0.2) is 4.79 Å². The van der Waals surface area contributed by atoms with Crippen LogP contribution in [0, 0.1) is 0 Å². The van der Waals surface area contributed by atoms with Gasteiger partial charge in [0.2, 0.25) is 0 Å². The van der Waals surface area contributed by atoms with E-state index in [1.54, 1.807) is 29.3 Å². The summed E-state index contributed by atoms with van der Waals surface area (Å²) in [6, 6.07) is 13.2. The summed E-state index contributed by atoms with van der Waals surface area (Å²) in [5.74, 6) is 0. The lowest BCUT2D eigenvalue weighted by atomic mass is 10.1. The number of nitrogens with zero attached hydrogens (tertiary/aromatic N) is 3. The molecule has 0 saturated carbocycles. The maximum atomic E-state index is 12.9. The van der Waals surface area contributed by atoms with Crippen molar-refractivity contribution in [3.63, 3.8) is 0 Å². The minimum atomic E-state index is -0.542. The van der Waals surface area contributed by atoms with Gasteiger partial charge in [-0.05, 0) is 42.8 Å². The molecule has 0 radical (unpaired) electrons. The molecule has 0 bridgehead atoms. The van der Waals surface area contributed by atoms with E-state index in [0.717, 1.165) is 37.7 Å². The van der Waals surface area contributed by atoms with E-state index >= 15 is 0 Å². The van der Waals surface area contributed by atoms with Crippen molar-refractivity contribution in [2.24, 2.45) is 7.05 Å². The Bertz CT molecular complexity index is 1160. The van der Waals surface area contributed by atoms with Gasteiger partial charge in [0.15, 0.2) is 0 Å². The first-order valence-electron chi connectivity index (χ1n) is 7.91. The summed E-state index contributed by atoms with van der Waals surface area (Å²) in [6.07, 6.45) is 1.19. The molecule has 2 aromatic heterocycles. The lowest BCUT2D eigenvalue weighted by Crippen LogP contribution is -2.20. The van der Waals surface area contributed by atoms with E-state index in [9.17, 15) is 9.90 Å². The predicted molar refractivity (Wildman–Crippen MR) is 102 cm³/mol. The van der Waals surface area contributed by atoms with E-state index in [2.05, 4.69) is 20.9 Å². The SMILES string of the molecule is CC(O)c1ccc(-n2c(=O)n(C)c3cnc4ccc(Br)cc4c32)cc1. The van der Waals surface area contributed by atoms with Gasteiger partial charge < -0.3 is 5.11 Å². The van der Waals surface area contributed by atoms with Gasteiger partial charge in [0.1, 0.15) is 0 Å². The molecule has 2 aromatic carbocycles. The highest BCUT2D eigenvalue weighted by atomic mass is 79.9. The lowest BCUT2D eigenvalue weighted by Gasteiger charge is -2.09. The third-order valence-corrected chi connectivity index (χ3v) is 4.97. The minimum Gasteiger partial charge on any atom is -0.389 e. The Kier molecular flexibility index (Phi) is 3.74. The second-order valence-corrected chi connectivity index (χ2v) is 7.01. The van der Waals surface area contributed by atoms with Crippen LogP contribution in [0.1, 0.15) is 18.6 Å². The summed E-state index contributed by atoms with van der Waals surface area (Å²) in [5, 5.41) is 10.6. The number of aliphatic hydroxyl groups is 1. The summed E-state index contributed by atoms with van der Waals surface area (Å²) in [6.45, 7) is 1.72. The molecule has 0 amide bonds. The van der Waals surface area contributed by atoms with Crippen LogP contribution in [-0.4, -0.2) is 19.2 Å². The number of aromatic nitrogens is 3. The van der Waals surface area contributed by atoms with Crippen LogP contribution in [0.15, 0.2) is 57.9 Å². The molecule has 0 saturated heterocycles. The normalized spacial score (nSPS) is 12.8. The van der Waals surface area contributed by atoms with E-state index in [1.807, 2.05) is 42.5 Å². The van der Waals surface area contributed by atoms with Crippen molar-refractivity contribution in [3.8, 4) is 5.69 Å². The third-order valence-electron chi connectivity index (χ3n) is 4.48. The second-order valence-electron chi connectivity index (χ2n) is 6.10. The Morgan fingerprint density at radius 2 is 1.88 bits per heavy atom. The zero-order valence-corrected chi connectivity index (χ0v) is 15.4. The maximum Gasteiger partial charge on any atom is 0.333 e. The molecule has 1 atom stereocenters. The highest BCUT2D eigenvalue weighted by Gasteiger charge is 2.16. The predicted octanol–water partition coefficient (Wildman–Crippen LogP) is 3.69. The van der Waals surface area contributed by atoms with Crippen LogP contribution < -0.4 is 5.69 Å². The quantitative estimate of drug-likeness (QED) is 0.560. The topological polar surface area (TPSA) is 60.1 Å². The maximum absolute atomic E-state index is 12.9. The second kappa shape index (κ2) is 5.82. The van der Waals surface area contributed by atoms with E-state index in [1.165, 1.54) is 0 Å². The Balaban J connectivity index is 2.10. The molecule has 0 fully saturated rings. The fourth-order valence-electron chi connectivity index (χ4n) is 3.11. The van der Waals surface area contributed by atoms with Crippen LogP contribution in [0.25, 0.3) is 27.6 Å². The number of pyridine rings is 1. The molecular formula is C19H16BrN3O2. The van der Waals surface area contributed by atoms with Crippen LogP contribution in [0.5, 0.6) is 0 Å². The number of halogens is 1. The van der Waals surface area contributed by atoms with E-state index < -0.39 is 6.10 Å². The standard InChI is InChI=1S/C19H16BrN3O2/c1-11(24)12-3-6-14(7-4-12)23-18-15-9-13(20)5-8-16(15)21-10-17(18)22(2)19(23)25/h3-11,24H,1-2H3. The van der Waals surface area contributed by atoms with Crippen LogP contribution >= 0.6 is 15.9 Å². The molecule has 1 unspecified atom stereocenters. The highest BCUT2D eigenvalue weighted by Crippen LogP contribution is 2.28. The molecule has 25 heavy (non-hydrogen) atoms. The summed E-state index contributed by atoms with van der Waals surface area (Å²) in [4.78, 5) is 17.3. The van der Waals surface area contributed by atoms with Crippen LogP contribution in [0.3, 0.4) is 0 Å². The van der Waals surface area contributed by atoms with Crippen molar-refractivity contribution in [1.82, 2.24) is 14.1 Å². The number of imidazole rings is 1. The van der Waals surface area contributed by atoms with Gasteiger partial charge in [0, 0.05) is 16.9 Å². The van der Waals surface area contributed by atoms with Crippen molar-refractivity contribution < 1.29 is 5.11 Å². The average Bonchev–Trinajstić information content (AvgIpc) is 2.86. The molecule has 6 heteroatoms. The van der Waals surface area contributed by atoms with Gasteiger partial charge in [0.05, 0.1) is 34.5 Å². The number of rotatable bonds is 2. The number of hydrogen-bond acceptors (Lipinski definition) is 3. The molecule has 0 aliphatic rings. The average molecular weight is 398 g/mol. The molecule has 4 rings (SSSR count). The molecular weight excluding hydrogens is 382 g/mol. The Morgan fingerprint density at radius 1 is 1.16 bits per heavy atom. The minimum absolute atomic E-state index is 0.130. The first-order valence-corrected chi connectivity index (χ1v) is 8.71. The Labute approximate surface area is 152 Å². The van der Waals surface area contributed by atoms with E-state index in [4.69, 9.17) is 0 Å². The van der Waals surface area contributed by atoms with E-state index in [-0.39, 0.29) is 5.69 Å². The van der Waals surface area contributed by atoms with Crippen LogP contribution in [-0.2, 0) is 7.05 Å². The smallest absolute Gasteiger partial charge is 0.333 e. The number of fused-ring (bicyclic) bond motifs is 3. The summed E-state index contributed by atoms with van der Waals surface area (Å²) >= 11 is 3.50. The van der Waals surface area contributed by atoms with Gasteiger partial charge in [-0.3, -0.25) is 14.1 Å². The van der Waals surface area contributed by atoms with Gasteiger partial charge in [0.25, 0.3) is 0 Å². The highest BCUT2D eigenvalue weighted by molar-refractivity contribution is 9.10. The molecule has 1 N–H and O–H groups in total. The van der Waals surface area contributed by atoms with Crippen molar-refractivity contribution in [2.45, 2.75) is 13.0 Å². The number of aliphatic hydroxyl groups excluding tert-OH is 1. The van der Waals surface area contributed by atoms with Gasteiger partial charge in [-0.1, -0.05) is 28.1 Å². The molecule has 126 valence electrons. The molecule has 0 aliphatic heterocycles. The van der Waals surface area contributed by atoms with Crippen molar-refractivity contribution in [1.29, 1.82) is 0 Å². The molecule has 5 nitrogen and oxygen atoms in total. The number of aryl methyl sites for hydroxylation is 1. The summed E-state index contributed by atoms with van der Waals surface area (Å²) in [7, 11) is 1.75. The first-order chi connectivity index (χ1) is 12.0. The zero-order valence-electron chi connectivity index (χ0n) is 13.8. The molecule has 0 spiro atoms. The largest absolute Gasteiger partial charge is 0.389 e. The summed E-state index contributed by atoms with van der Waals surface area (Å²) < 4.78 is 4.23. The van der Waals surface area contributed by atoms with Gasteiger partial charge in [-0.15, -0.1) is 0 Å². The monoisotopic (exact) mass is 397 g/mol. The summed E-state index contributed by atoms with van der Waals surface area (Å²) in [5.41, 5.74) is 3.86. The fourth-order valence-corrected chi connectivity index (χ4v) is 3.47. The zero-order chi connectivity index (χ0) is 17.7. The Hall–Kier alpha value is -2.44. The van der Waals surface area contributed by atoms with Crippen molar-refractivity contribution >= 4 is 37.9 Å². The number of benzene rings is 2. The first kappa shape index (κ1) is 16.1. The van der Waals surface area contributed by atoms with Crippen molar-refractivity contribution in [3.05, 3.63) is 69.2 Å². The van der Waals surface area contributed by atoms with Crippen LogP contribution in [0.2, 0.25) is 0 Å². The van der Waals surface area contributed by atoms with Gasteiger partial charge >= 0.3 is 5.69 Å². The Morgan fingerprint density at radius 3 is 2.56 bits per heavy atom. The fraction of sp³-hybridized carbons (Fsp3) is 0.158.